The van der Waals surface area contributed by atoms with E-state index in [1.165, 1.54) is 11.3 Å². The first-order chi connectivity index (χ1) is 11.1. The first-order valence-corrected chi connectivity index (χ1v) is 7.73. The Bertz CT molecular complexity index is 885. The summed E-state index contributed by atoms with van der Waals surface area (Å²) in [5, 5.41) is 14.1. The molecule has 0 spiro atoms. The minimum Gasteiger partial charge on any atom is -0.494 e. The number of aromatic nitrogens is 3. The molecule has 3 rings (SSSR count). The van der Waals surface area contributed by atoms with E-state index >= 15 is 0 Å². The molecule has 0 saturated heterocycles. The second kappa shape index (κ2) is 6.31. The summed E-state index contributed by atoms with van der Waals surface area (Å²) in [6, 6.07) is 5.51. The minimum atomic E-state index is -0.634. The van der Waals surface area contributed by atoms with Crippen molar-refractivity contribution in [3.8, 4) is 5.75 Å². The highest BCUT2D eigenvalue weighted by Crippen LogP contribution is 2.34. The van der Waals surface area contributed by atoms with Crippen LogP contribution in [0.25, 0.3) is 10.2 Å². The highest BCUT2D eigenvalue weighted by Gasteiger charge is 2.22. The van der Waals surface area contributed by atoms with E-state index in [0.717, 1.165) is 22.3 Å². The summed E-state index contributed by atoms with van der Waals surface area (Å²) in [6.45, 7) is 2.48. The van der Waals surface area contributed by atoms with Crippen molar-refractivity contribution >= 4 is 49.8 Å². The monoisotopic (exact) mass is 351 g/mol. The number of halogens is 1. The van der Waals surface area contributed by atoms with Crippen LogP contribution in [0.3, 0.4) is 0 Å². The van der Waals surface area contributed by atoms with E-state index in [2.05, 4.69) is 20.3 Å². The van der Waals surface area contributed by atoms with E-state index in [0.29, 0.717) is 11.7 Å². The summed E-state index contributed by atoms with van der Waals surface area (Å²) >= 11 is 7.09. The molecule has 8 nitrogen and oxygen atoms in total. The Kier molecular flexibility index (Phi) is 4.22. The fourth-order valence-electron chi connectivity index (χ4n) is 1.93. The molecule has 0 bridgehead atoms. The normalized spacial score (nSPS) is 10.7. The summed E-state index contributed by atoms with van der Waals surface area (Å²) in [5.41, 5.74) is 0.368. The number of ether oxygens (including phenoxy) is 1. The number of benzene rings is 1. The summed E-state index contributed by atoms with van der Waals surface area (Å²) in [5.74, 6) is 0.741. The van der Waals surface area contributed by atoms with Crippen molar-refractivity contribution in [2.24, 2.45) is 0 Å². The van der Waals surface area contributed by atoms with Crippen molar-refractivity contribution in [2.75, 3.05) is 11.9 Å². The van der Waals surface area contributed by atoms with Crippen LogP contribution in [0.2, 0.25) is 5.15 Å². The van der Waals surface area contributed by atoms with Gasteiger partial charge in [0.15, 0.2) is 5.13 Å². The van der Waals surface area contributed by atoms with Crippen molar-refractivity contribution in [3.05, 3.63) is 39.8 Å². The lowest BCUT2D eigenvalue weighted by Gasteiger charge is -2.02. The third-order valence-corrected chi connectivity index (χ3v) is 4.07. The molecular formula is C13H10ClN5O3S. The van der Waals surface area contributed by atoms with E-state index in [1.54, 1.807) is 0 Å². The molecule has 0 saturated carbocycles. The van der Waals surface area contributed by atoms with Crippen LogP contribution in [0.1, 0.15) is 6.92 Å². The first-order valence-electron chi connectivity index (χ1n) is 6.53. The third-order valence-electron chi connectivity index (χ3n) is 2.86. The van der Waals surface area contributed by atoms with Crippen LogP contribution in [0, 0.1) is 10.1 Å². The van der Waals surface area contributed by atoms with Crippen LogP contribution in [0.4, 0.5) is 16.6 Å². The van der Waals surface area contributed by atoms with E-state index in [1.807, 2.05) is 25.1 Å². The van der Waals surface area contributed by atoms with Crippen LogP contribution in [-0.4, -0.2) is 26.5 Å². The molecule has 118 valence electrons. The molecule has 0 aliphatic carbocycles. The molecular weight excluding hydrogens is 342 g/mol. The molecule has 2 heterocycles. The molecule has 1 aromatic carbocycles. The van der Waals surface area contributed by atoms with Gasteiger partial charge in [-0.3, -0.25) is 10.1 Å². The second-order valence-electron chi connectivity index (χ2n) is 4.33. The Morgan fingerprint density at radius 3 is 3.00 bits per heavy atom. The van der Waals surface area contributed by atoms with E-state index in [9.17, 15) is 10.1 Å². The molecule has 10 heteroatoms. The summed E-state index contributed by atoms with van der Waals surface area (Å²) in [4.78, 5) is 22.3. The van der Waals surface area contributed by atoms with Crippen LogP contribution >= 0.6 is 22.9 Å². The topological polar surface area (TPSA) is 103 Å². The molecule has 0 amide bonds. The Morgan fingerprint density at radius 2 is 2.26 bits per heavy atom. The average molecular weight is 352 g/mol. The van der Waals surface area contributed by atoms with Crippen molar-refractivity contribution in [1.82, 2.24) is 15.0 Å². The van der Waals surface area contributed by atoms with Gasteiger partial charge >= 0.3 is 5.69 Å². The number of hydrogen-bond donors (Lipinski definition) is 1. The van der Waals surface area contributed by atoms with E-state index in [-0.39, 0.29) is 16.7 Å². The van der Waals surface area contributed by atoms with Crippen LogP contribution in [0.15, 0.2) is 24.5 Å². The summed E-state index contributed by atoms with van der Waals surface area (Å²) in [7, 11) is 0. The highest BCUT2D eigenvalue weighted by atomic mass is 35.5. The Hall–Kier alpha value is -2.52. The van der Waals surface area contributed by atoms with Gasteiger partial charge in [-0.2, -0.15) is 0 Å². The van der Waals surface area contributed by atoms with Gasteiger partial charge in [-0.1, -0.05) is 22.9 Å². The van der Waals surface area contributed by atoms with E-state index in [4.69, 9.17) is 16.3 Å². The number of hydrogen-bond acceptors (Lipinski definition) is 8. The van der Waals surface area contributed by atoms with E-state index < -0.39 is 4.92 Å². The van der Waals surface area contributed by atoms with Gasteiger partial charge < -0.3 is 10.1 Å². The van der Waals surface area contributed by atoms with Gasteiger partial charge in [0.25, 0.3) is 0 Å². The van der Waals surface area contributed by atoms with Gasteiger partial charge in [-0.05, 0) is 25.1 Å². The number of nitro groups is 1. The molecule has 0 unspecified atom stereocenters. The predicted molar refractivity (Wildman–Crippen MR) is 87.8 cm³/mol. The first kappa shape index (κ1) is 15.4. The molecule has 0 aliphatic rings. The summed E-state index contributed by atoms with van der Waals surface area (Å²) in [6.07, 6.45) is 1.15. The number of nitrogens with zero attached hydrogens (tertiary/aromatic N) is 4. The maximum atomic E-state index is 11.1. The SMILES string of the molecule is CCOc1ccc2nc(Nc3ncnc(Cl)c3[N+](=O)[O-])sc2c1. The zero-order valence-corrected chi connectivity index (χ0v) is 13.4. The Morgan fingerprint density at radius 1 is 1.43 bits per heavy atom. The zero-order chi connectivity index (χ0) is 16.4. The van der Waals surface area contributed by atoms with Gasteiger partial charge in [-0.25, -0.2) is 15.0 Å². The van der Waals surface area contributed by atoms with Gasteiger partial charge in [0.05, 0.1) is 21.7 Å². The fraction of sp³-hybridized carbons (Fsp3) is 0.154. The molecule has 0 radical (unpaired) electrons. The second-order valence-corrected chi connectivity index (χ2v) is 5.71. The predicted octanol–water partition coefficient (Wildman–Crippen LogP) is 3.79. The van der Waals surface area contributed by atoms with Gasteiger partial charge in [0.2, 0.25) is 11.0 Å². The molecule has 1 N–H and O–H groups in total. The van der Waals surface area contributed by atoms with Crippen molar-refractivity contribution < 1.29 is 9.66 Å². The smallest absolute Gasteiger partial charge is 0.348 e. The van der Waals surface area contributed by atoms with Crippen LogP contribution in [0.5, 0.6) is 5.75 Å². The average Bonchev–Trinajstić information content (AvgIpc) is 2.88. The lowest BCUT2D eigenvalue weighted by atomic mass is 10.3. The molecule has 0 atom stereocenters. The maximum absolute atomic E-state index is 11.1. The molecule has 3 aromatic rings. The molecule has 2 aromatic heterocycles. The number of fused-ring (bicyclic) bond motifs is 1. The van der Waals surface area contributed by atoms with Crippen molar-refractivity contribution in [3.63, 3.8) is 0 Å². The zero-order valence-electron chi connectivity index (χ0n) is 11.8. The molecule has 0 fully saturated rings. The van der Waals surface area contributed by atoms with Crippen molar-refractivity contribution in [2.45, 2.75) is 6.92 Å². The summed E-state index contributed by atoms with van der Waals surface area (Å²) < 4.78 is 6.33. The Balaban J connectivity index is 1.96. The van der Waals surface area contributed by atoms with Crippen molar-refractivity contribution in [1.29, 1.82) is 0 Å². The standard InChI is InChI=1S/C13H10ClN5O3S/c1-2-22-7-3-4-8-9(5-7)23-13(17-8)18-12-10(19(20)21)11(14)15-6-16-12/h3-6H,2H2,1H3,(H,15,16,17,18). The fourth-order valence-corrected chi connectivity index (χ4v) is 3.02. The lowest BCUT2D eigenvalue weighted by molar-refractivity contribution is -0.384. The molecule has 23 heavy (non-hydrogen) atoms. The third kappa shape index (κ3) is 3.15. The minimum absolute atomic E-state index is 0.000845. The number of nitrogens with one attached hydrogen (secondary N) is 1. The number of rotatable bonds is 5. The van der Waals surface area contributed by atoms with Crippen LogP contribution in [-0.2, 0) is 0 Å². The maximum Gasteiger partial charge on any atom is 0.348 e. The number of thiazole rings is 1. The van der Waals surface area contributed by atoms with Gasteiger partial charge in [-0.15, -0.1) is 0 Å². The quantitative estimate of drug-likeness (QED) is 0.423. The molecule has 0 aliphatic heterocycles. The highest BCUT2D eigenvalue weighted by molar-refractivity contribution is 7.22. The largest absolute Gasteiger partial charge is 0.494 e. The van der Waals surface area contributed by atoms with Crippen LogP contribution < -0.4 is 10.1 Å². The van der Waals surface area contributed by atoms with Gasteiger partial charge in [0, 0.05) is 0 Å². The lowest BCUT2D eigenvalue weighted by Crippen LogP contribution is -2.01. The number of anilines is 2. The Labute approximate surface area is 139 Å². The van der Waals surface area contributed by atoms with Gasteiger partial charge in [0.1, 0.15) is 12.1 Å².